The van der Waals surface area contributed by atoms with Crippen molar-refractivity contribution < 1.29 is 44.9 Å². The topological polar surface area (TPSA) is 169 Å². The first-order valence-corrected chi connectivity index (χ1v) is 20.5. The van der Waals surface area contributed by atoms with Gasteiger partial charge in [0.25, 0.3) is 0 Å². The smallest absolute Gasteiger partial charge is 0.220 e. The monoisotopic (exact) mass is 716 g/mol. The zero-order valence-electron chi connectivity index (χ0n) is 31.8. The van der Waals surface area contributed by atoms with Crippen molar-refractivity contribution in [3.05, 3.63) is 12.2 Å². The molecule has 0 unspecified atom stereocenters. The lowest BCUT2D eigenvalue weighted by Gasteiger charge is -2.40. The van der Waals surface area contributed by atoms with E-state index in [4.69, 9.17) is 9.47 Å². The Hall–Kier alpha value is -1.11. The average Bonchev–Trinajstić information content (AvgIpc) is 3.11. The standard InChI is InChI=1S/C40H77NO9/c1-3-5-7-9-11-13-15-17-19-21-23-25-27-29-35(44)41-32(31-49-40-39(48)38(47)37(46)34(30-42)50-40)36(45)33(43)28-26-24-22-20-18-16-14-12-10-8-6-4-2/h20,22,32-34,36-40,42-43,45-48H,3-19,21,23-31H2,1-2H3,(H,41,44)/b22-20-/t32-,33+,34+,36-,37+,38-,39+,40+/m0/s1. The summed E-state index contributed by atoms with van der Waals surface area (Å²) in [6.45, 7) is 3.55. The number of carbonyl (C=O) groups excluding carboxylic acids is 1. The van der Waals surface area contributed by atoms with Gasteiger partial charge in [-0.25, -0.2) is 0 Å². The normalized spacial score (nSPS) is 22.9. The lowest BCUT2D eigenvalue weighted by atomic mass is 9.99. The largest absolute Gasteiger partial charge is 0.394 e. The zero-order chi connectivity index (χ0) is 36.8. The summed E-state index contributed by atoms with van der Waals surface area (Å²) < 4.78 is 11.1. The Morgan fingerprint density at radius 1 is 0.680 bits per heavy atom. The molecule has 1 fully saturated rings. The van der Waals surface area contributed by atoms with Crippen LogP contribution in [0, 0.1) is 0 Å². The zero-order valence-corrected chi connectivity index (χ0v) is 31.8. The van der Waals surface area contributed by atoms with Crippen LogP contribution in [0.1, 0.15) is 174 Å². The maximum Gasteiger partial charge on any atom is 0.220 e. The van der Waals surface area contributed by atoms with Gasteiger partial charge in [0, 0.05) is 6.42 Å². The van der Waals surface area contributed by atoms with Gasteiger partial charge in [-0.3, -0.25) is 4.79 Å². The van der Waals surface area contributed by atoms with E-state index in [0.717, 1.165) is 32.1 Å². The number of nitrogens with one attached hydrogen (secondary N) is 1. The van der Waals surface area contributed by atoms with E-state index < -0.39 is 55.6 Å². The summed E-state index contributed by atoms with van der Waals surface area (Å²) in [4.78, 5) is 12.9. The number of unbranched alkanes of at least 4 members (excludes halogenated alkanes) is 20. The number of aliphatic hydroxyl groups is 6. The first kappa shape index (κ1) is 46.9. The third-order valence-corrected chi connectivity index (χ3v) is 9.96. The minimum atomic E-state index is -1.61. The van der Waals surface area contributed by atoms with Crippen LogP contribution in [0.4, 0.5) is 0 Å². The second-order valence-corrected chi connectivity index (χ2v) is 14.6. The molecular weight excluding hydrogens is 638 g/mol. The Bertz CT molecular complexity index is 814. The third kappa shape index (κ3) is 22.1. The molecule has 8 atom stereocenters. The second kappa shape index (κ2) is 31.4. The maximum atomic E-state index is 12.9. The van der Waals surface area contributed by atoms with Gasteiger partial charge in [-0.1, -0.05) is 142 Å². The molecule has 0 aromatic carbocycles. The lowest BCUT2D eigenvalue weighted by molar-refractivity contribution is -0.303. The summed E-state index contributed by atoms with van der Waals surface area (Å²) in [6, 6.07) is -1.00. The van der Waals surface area contributed by atoms with Crippen molar-refractivity contribution in [2.45, 2.75) is 223 Å². The number of rotatable bonds is 33. The predicted molar refractivity (Wildman–Crippen MR) is 200 cm³/mol. The van der Waals surface area contributed by atoms with E-state index in [1.165, 1.54) is 103 Å². The van der Waals surface area contributed by atoms with Crippen LogP contribution in [0.5, 0.6) is 0 Å². The Morgan fingerprint density at radius 2 is 1.16 bits per heavy atom. The fourth-order valence-electron chi connectivity index (χ4n) is 6.55. The number of hydrogen-bond donors (Lipinski definition) is 7. The molecule has 296 valence electrons. The Labute approximate surface area is 304 Å². The predicted octanol–water partition coefficient (Wildman–Crippen LogP) is 6.36. The summed E-state index contributed by atoms with van der Waals surface area (Å²) in [5.41, 5.74) is 0. The Kier molecular flexibility index (Phi) is 29.5. The number of aliphatic hydroxyl groups excluding tert-OH is 6. The fraction of sp³-hybridized carbons (Fsp3) is 0.925. The first-order chi connectivity index (χ1) is 24.3. The van der Waals surface area contributed by atoms with Crippen molar-refractivity contribution in [3.63, 3.8) is 0 Å². The van der Waals surface area contributed by atoms with E-state index in [1.807, 2.05) is 0 Å². The maximum absolute atomic E-state index is 12.9. The molecule has 1 amide bonds. The highest BCUT2D eigenvalue weighted by Gasteiger charge is 2.44. The van der Waals surface area contributed by atoms with Gasteiger partial charge < -0.3 is 45.4 Å². The number of ether oxygens (including phenoxy) is 2. The molecule has 0 bridgehead atoms. The van der Waals surface area contributed by atoms with E-state index in [9.17, 15) is 35.4 Å². The summed E-state index contributed by atoms with van der Waals surface area (Å²) in [7, 11) is 0. The van der Waals surface area contributed by atoms with Crippen LogP contribution in [-0.4, -0.2) is 98.7 Å². The molecule has 50 heavy (non-hydrogen) atoms. The molecule has 1 aliphatic rings. The van der Waals surface area contributed by atoms with Crippen LogP contribution >= 0.6 is 0 Å². The van der Waals surface area contributed by atoms with Crippen LogP contribution in [0.25, 0.3) is 0 Å². The lowest BCUT2D eigenvalue weighted by Crippen LogP contribution is -2.60. The van der Waals surface area contributed by atoms with Crippen molar-refractivity contribution in [2.75, 3.05) is 13.2 Å². The van der Waals surface area contributed by atoms with E-state index in [2.05, 4.69) is 31.3 Å². The quantitative estimate of drug-likeness (QED) is 0.0302. The molecule has 0 aromatic rings. The molecule has 0 aromatic heterocycles. The molecule has 0 aliphatic carbocycles. The summed E-state index contributed by atoms with van der Waals surface area (Å²) >= 11 is 0. The first-order valence-electron chi connectivity index (χ1n) is 20.5. The molecular formula is C40H77NO9. The van der Waals surface area contributed by atoms with Gasteiger partial charge in [0.05, 0.1) is 25.4 Å². The average molecular weight is 716 g/mol. The van der Waals surface area contributed by atoms with Gasteiger partial charge in [-0.15, -0.1) is 0 Å². The van der Waals surface area contributed by atoms with Crippen LogP contribution in [0.15, 0.2) is 12.2 Å². The van der Waals surface area contributed by atoms with E-state index >= 15 is 0 Å². The van der Waals surface area contributed by atoms with Crippen molar-refractivity contribution >= 4 is 5.91 Å². The van der Waals surface area contributed by atoms with Crippen molar-refractivity contribution in [1.82, 2.24) is 5.32 Å². The number of allylic oxidation sites excluding steroid dienone is 2. The molecule has 7 N–H and O–H groups in total. The Balaban J connectivity index is 2.49. The van der Waals surface area contributed by atoms with E-state index in [-0.39, 0.29) is 18.9 Å². The number of hydrogen-bond acceptors (Lipinski definition) is 9. The van der Waals surface area contributed by atoms with Gasteiger partial charge in [0.15, 0.2) is 6.29 Å². The van der Waals surface area contributed by atoms with E-state index in [0.29, 0.717) is 19.3 Å². The molecule has 10 heteroatoms. The Morgan fingerprint density at radius 3 is 1.68 bits per heavy atom. The number of carbonyl (C=O) groups is 1. The molecule has 1 aliphatic heterocycles. The third-order valence-electron chi connectivity index (χ3n) is 9.96. The molecule has 1 heterocycles. The molecule has 1 rings (SSSR count). The molecule has 0 saturated carbocycles. The van der Waals surface area contributed by atoms with Gasteiger partial charge >= 0.3 is 0 Å². The SMILES string of the molecule is CCCCCCCCC/C=C\CCC[C@@H](O)[C@@H](O)[C@H](CO[C@@H]1O[C@H](CO)[C@@H](O)[C@H](O)[C@H]1O)NC(=O)CCCCCCCCCCCCCCC. The summed E-state index contributed by atoms with van der Waals surface area (Å²) in [6.07, 6.45) is 22.2. The summed E-state index contributed by atoms with van der Waals surface area (Å²) in [5, 5.41) is 64.8. The molecule has 0 radical (unpaired) electrons. The minimum absolute atomic E-state index is 0.268. The highest BCUT2D eigenvalue weighted by molar-refractivity contribution is 5.76. The molecule has 10 nitrogen and oxygen atoms in total. The molecule has 0 spiro atoms. The summed E-state index contributed by atoms with van der Waals surface area (Å²) in [5.74, 6) is -0.268. The van der Waals surface area contributed by atoms with Crippen LogP contribution < -0.4 is 5.32 Å². The van der Waals surface area contributed by atoms with Gasteiger partial charge in [-0.2, -0.15) is 0 Å². The highest BCUT2D eigenvalue weighted by atomic mass is 16.7. The molecule has 1 saturated heterocycles. The van der Waals surface area contributed by atoms with Crippen LogP contribution in [0.2, 0.25) is 0 Å². The minimum Gasteiger partial charge on any atom is -0.394 e. The van der Waals surface area contributed by atoms with Crippen molar-refractivity contribution in [1.29, 1.82) is 0 Å². The van der Waals surface area contributed by atoms with Crippen molar-refractivity contribution in [3.8, 4) is 0 Å². The highest BCUT2D eigenvalue weighted by Crippen LogP contribution is 2.23. The van der Waals surface area contributed by atoms with Gasteiger partial charge in [0.2, 0.25) is 5.91 Å². The second-order valence-electron chi connectivity index (χ2n) is 14.6. The van der Waals surface area contributed by atoms with Crippen LogP contribution in [-0.2, 0) is 14.3 Å². The van der Waals surface area contributed by atoms with Gasteiger partial charge in [0.1, 0.15) is 30.5 Å². The van der Waals surface area contributed by atoms with Crippen LogP contribution in [0.3, 0.4) is 0 Å². The fourth-order valence-corrected chi connectivity index (χ4v) is 6.55. The van der Waals surface area contributed by atoms with Crippen molar-refractivity contribution in [2.24, 2.45) is 0 Å². The van der Waals surface area contributed by atoms with Gasteiger partial charge in [-0.05, 0) is 38.5 Å². The van der Waals surface area contributed by atoms with E-state index in [1.54, 1.807) is 0 Å². The number of amides is 1.